The van der Waals surface area contributed by atoms with Gasteiger partial charge in [0.05, 0.1) is 24.2 Å². The third kappa shape index (κ3) is 5.56. The largest absolute Gasteiger partial charge is 0.495 e. The van der Waals surface area contributed by atoms with Gasteiger partial charge in [-0.05, 0) is 60.4 Å². The molecule has 1 amide bonds. The third-order valence-corrected chi connectivity index (χ3v) is 7.01. The predicted octanol–water partition coefficient (Wildman–Crippen LogP) is 4.14. The molecule has 0 heterocycles. The van der Waals surface area contributed by atoms with Crippen LogP contribution in [0.15, 0.2) is 41.3 Å². The van der Waals surface area contributed by atoms with E-state index in [9.17, 15) is 22.0 Å². The smallest absolute Gasteiger partial charge is 0.387 e. The highest BCUT2D eigenvalue weighted by molar-refractivity contribution is 7.93. The molecule has 0 aromatic heterocycles. The van der Waals surface area contributed by atoms with E-state index >= 15 is 0 Å². The normalized spacial score (nSPS) is 13.5. The quantitative estimate of drug-likeness (QED) is 0.606. The number of carbonyl (C=O) groups excluding carboxylic acids is 1. The number of hydrogen-bond donors (Lipinski definition) is 1. The van der Waals surface area contributed by atoms with Crippen LogP contribution in [0.4, 0.5) is 14.5 Å². The number of hydrogen-bond acceptors (Lipinski definition) is 5. The number of allylic oxidation sites excluding steroid dienone is 1. The second-order valence-electron chi connectivity index (χ2n) is 7.00. The van der Waals surface area contributed by atoms with Crippen LogP contribution in [0.25, 0.3) is 6.08 Å². The zero-order valence-corrected chi connectivity index (χ0v) is 18.8. The Kier molecular flexibility index (Phi) is 7.37. The zero-order chi connectivity index (χ0) is 23.5. The number of likely N-dealkylation sites (N-methyl/N-ethyl adjacent to an activating group) is 1. The maximum absolute atomic E-state index is 13.0. The van der Waals surface area contributed by atoms with Crippen molar-refractivity contribution in [2.45, 2.75) is 19.5 Å². The van der Waals surface area contributed by atoms with Crippen LogP contribution in [0.2, 0.25) is 5.02 Å². The molecule has 0 bridgehead atoms. The van der Waals surface area contributed by atoms with E-state index < -0.39 is 29.1 Å². The molecule has 1 aliphatic carbocycles. The molecule has 2 aromatic rings. The molecular weight excluding hydrogens is 466 g/mol. The summed E-state index contributed by atoms with van der Waals surface area (Å²) in [6.07, 6.45) is 1.98. The summed E-state index contributed by atoms with van der Waals surface area (Å²) >= 11 is 5.95. The number of halogens is 3. The molecule has 0 unspecified atom stereocenters. The average molecular weight is 487 g/mol. The molecule has 0 aliphatic heterocycles. The van der Waals surface area contributed by atoms with Gasteiger partial charge in [-0.25, -0.2) is 8.42 Å². The lowest BCUT2D eigenvalue weighted by atomic mass is 9.97. The first-order chi connectivity index (χ1) is 15.1. The van der Waals surface area contributed by atoms with E-state index in [0.29, 0.717) is 34.0 Å². The van der Waals surface area contributed by atoms with Crippen molar-refractivity contribution in [2.24, 2.45) is 0 Å². The number of nitrogens with zero attached hydrogens (tertiary/aromatic N) is 1. The molecule has 3 rings (SSSR count). The van der Waals surface area contributed by atoms with E-state index in [1.54, 1.807) is 12.1 Å². The number of sulfonamides is 1. The molecule has 0 spiro atoms. The lowest BCUT2D eigenvalue weighted by molar-refractivity contribution is -0.116. The van der Waals surface area contributed by atoms with E-state index in [4.69, 9.17) is 16.3 Å². The molecular formula is C21H21ClF2N2O5S. The van der Waals surface area contributed by atoms with Gasteiger partial charge in [0.15, 0.2) is 0 Å². The van der Waals surface area contributed by atoms with Crippen molar-refractivity contribution >= 4 is 39.3 Å². The van der Waals surface area contributed by atoms with Gasteiger partial charge >= 0.3 is 6.61 Å². The molecule has 0 radical (unpaired) electrons. The molecule has 0 fully saturated rings. The summed E-state index contributed by atoms with van der Waals surface area (Å²) < 4.78 is 61.3. The van der Waals surface area contributed by atoms with E-state index in [1.165, 1.54) is 44.5 Å². The number of amides is 1. The minimum atomic E-state index is -3.92. The van der Waals surface area contributed by atoms with Gasteiger partial charge in [-0.15, -0.1) is 0 Å². The fraction of sp³-hybridized carbons (Fsp3) is 0.286. The topological polar surface area (TPSA) is 84.9 Å². The van der Waals surface area contributed by atoms with Gasteiger partial charge in [-0.3, -0.25) is 4.79 Å². The van der Waals surface area contributed by atoms with Crippen molar-refractivity contribution in [1.82, 2.24) is 4.31 Å². The van der Waals surface area contributed by atoms with E-state index in [1.807, 2.05) is 0 Å². The summed E-state index contributed by atoms with van der Waals surface area (Å²) in [5.74, 6) is -0.166. The highest BCUT2D eigenvalue weighted by Gasteiger charge is 2.28. The number of methoxy groups -OCH3 is 1. The Labute approximate surface area is 189 Å². The second-order valence-corrected chi connectivity index (χ2v) is 9.54. The number of aryl methyl sites for hydroxylation is 1. The molecule has 1 aliphatic rings. The van der Waals surface area contributed by atoms with Crippen LogP contribution in [0, 0.1) is 0 Å². The highest BCUT2D eigenvalue weighted by Crippen LogP contribution is 2.32. The number of benzene rings is 2. The van der Waals surface area contributed by atoms with Gasteiger partial charge in [0.1, 0.15) is 11.5 Å². The first-order valence-corrected chi connectivity index (χ1v) is 11.3. The predicted molar refractivity (Wildman–Crippen MR) is 118 cm³/mol. The Morgan fingerprint density at radius 3 is 2.66 bits per heavy atom. The molecule has 0 saturated carbocycles. The first-order valence-electron chi connectivity index (χ1n) is 9.48. The van der Waals surface area contributed by atoms with Crippen molar-refractivity contribution in [3.63, 3.8) is 0 Å². The van der Waals surface area contributed by atoms with Gasteiger partial charge in [0.2, 0.25) is 15.9 Å². The number of anilines is 1. The Balaban J connectivity index is 1.73. The minimum Gasteiger partial charge on any atom is -0.495 e. The van der Waals surface area contributed by atoms with E-state index in [-0.39, 0.29) is 17.1 Å². The average Bonchev–Trinajstić information content (AvgIpc) is 2.73. The lowest BCUT2D eigenvalue weighted by Gasteiger charge is -2.22. The number of rotatable bonds is 8. The maximum Gasteiger partial charge on any atom is 0.387 e. The molecule has 1 N–H and O–H groups in total. The van der Waals surface area contributed by atoms with Crippen LogP contribution in [0.3, 0.4) is 0 Å². The molecule has 172 valence electrons. The molecule has 32 heavy (non-hydrogen) atoms. The molecule has 0 saturated heterocycles. The van der Waals surface area contributed by atoms with Gasteiger partial charge in [0, 0.05) is 12.1 Å². The molecule has 0 atom stereocenters. The Hall–Kier alpha value is -2.69. The van der Waals surface area contributed by atoms with Gasteiger partial charge in [-0.2, -0.15) is 13.1 Å². The number of ether oxygens (including phenoxy) is 2. The number of alkyl halides is 2. The lowest BCUT2D eigenvalue weighted by Crippen LogP contribution is -2.36. The van der Waals surface area contributed by atoms with E-state index in [0.717, 1.165) is 4.31 Å². The summed E-state index contributed by atoms with van der Waals surface area (Å²) in [7, 11) is -1.18. The van der Waals surface area contributed by atoms with E-state index in [2.05, 4.69) is 10.1 Å². The van der Waals surface area contributed by atoms with Gasteiger partial charge < -0.3 is 14.8 Å². The van der Waals surface area contributed by atoms with Crippen molar-refractivity contribution in [1.29, 1.82) is 0 Å². The summed E-state index contributed by atoms with van der Waals surface area (Å²) in [5, 5.41) is 2.98. The van der Waals surface area contributed by atoms with Crippen LogP contribution >= 0.6 is 11.6 Å². The van der Waals surface area contributed by atoms with Crippen LogP contribution in [-0.4, -0.2) is 45.9 Å². The first kappa shape index (κ1) is 24.0. The molecule has 2 aromatic carbocycles. The fourth-order valence-electron chi connectivity index (χ4n) is 3.28. The number of carbonyl (C=O) groups is 1. The van der Waals surface area contributed by atoms with Crippen LogP contribution in [0.1, 0.15) is 17.5 Å². The Morgan fingerprint density at radius 1 is 1.22 bits per heavy atom. The summed E-state index contributed by atoms with van der Waals surface area (Å²) in [6.45, 7) is -3.36. The van der Waals surface area contributed by atoms with Gasteiger partial charge in [0.25, 0.3) is 0 Å². The van der Waals surface area contributed by atoms with Crippen molar-refractivity contribution in [3.05, 3.63) is 57.5 Å². The maximum atomic E-state index is 13.0. The minimum absolute atomic E-state index is 0.0173. The summed E-state index contributed by atoms with van der Waals surface area (Å²) in [5.41, 5.74) is 1.62. The number of nitrogens with one attached hydrogen (secondary N) is 1. The van der Waals surface area contributed by atoms with Crippen molar-refractivity contribution in [3.8, 4) is 11.5 Å². The Bertz CT molecular complexity index is 1150. The highest BCUT2D eigenvalue weighted by atomic mass is 35.5. The number of fused-ring (bicyclic) bond motifs is 1. The SMILES string of the molecule is COc1ccc(Cl)cc1NC(=O)CN(C)S(=O)(=O)C1=Cc2ccc(OC(F)F)cc2CC1. The molecule has 7 nitrogen and oxygen atoms in total. The zero-order valence-electron chi connectivity index (χ0n) is 17.3. The fourth-order valence-corrected chi connectivity index (χ4v) is 4.77. The van der Waals surface area contributed by atoms with Crippen LogP contribution in [-0.2, 0) is 21.2 Å². The van der Waals surface area contributed by atoms with Crippen LogP contribution in [0.5, 0.6) is 11.5 Å². The third-order valence-electron chi connectivity index (χ3n) is 4.84. The standard InChI is InChI=1S/C21H21ClF2N2O5S/c1-26(12-20(27)25-18-11-15(22)5-8-19(18)30-2)32(28,29)17-7-4-13-9-16(31-21(23)24)6-3-14(13)10-17/h3,5-6,8-11,21H,4,7,12H2,1-2H3,(H,25,27). The van der Waals surface area contributed by atoms with Crippen LogP contribution < -0.4 is 14.8 Å². The molecule has 11 heteroatoms. The van der Waals surface area contributed by atoms with Crippen molar-refractivity contribution < 1.29 is 31.5 Å². The summed E-state index contributed by atoms with van der Waals surface area (Å²) in [4.78, 5) is 12.6. The van der Waals surface area contributed by atoms with Gasteiger partial charge in [-0.1, -0.05) is 17.7 Å². The monoisotopic (exact) mass is 486 g/mol. The Morgan fingerprint density at radius 2 is 1.97 bits per heavy atom. The van der Waals surface area contributed by atoms with Crippen molar-refractivity contribution in [2.75, 3.05) is 26.0 Å². The second kappa shape index (κ2) is 9.85. The summed E-state index contributed by atoms with van der Waals surface area (Å²) in [6, 6.07) is 9.03.